The standard InChI is InChI=1S/C32H31N3O5S/c1-3-34(4-2)31(37)29(30(36)33-41(39,40)27-18-15-23-9-5-6-10-24(23)20-27)19-22-13-16-26(17-14-22)35-21-25-11-7-8-12-28(25)32(35)38/h5-18,20,29H,3-4,19,21H2,1-2H3,(H,33,36). The predicted molar refractivity (Wildman–Crippen MR) is 158 cm³/mol. The van der Waals surface area contributed by atoms with Crippen molar-refractivity contribution in [1.29, 1.82) is 0 Å². The molecule has 1 heterocycles. The van der Waals surface area contributed by atoms with Gasteiger partial charge >= 0.3 is 0 Å². The van der Waals surface area contributed by atoms with Crippen molar-refractivity contribution < 1.29 is 22.8 Å². The molecule has 0 saturated heterocycles. The van der Waals surface area contributed by atoms with Gasteiger partial charge in [0.2, 0.25) is 11.8 Å². The summed E-state index contributed by atoms with van der Waals surface area (Å²) in [6.45, 7) is 4.84. The first-order valence-electron chi connectivity index (χ1n) is 13.5. The Hall–Kier alpha value is -4.50. The van der Waals surface area contributed by atoms with Crippen LogP contribution in [0.4, 0.5) is 5.69 Å². The van der Waals surface area contributed by atoms with E-state index in [-0.39, 0.29) is 17.2 Å². The highest BCUT2D eigenvalue weighted by Crippen LogP contribution is 2.29. The maximum absolute atomic E-state index is 13.4. The third kappa shape index (κ3) is 5.71. The number of rotatable bonds is 9. The van der Waals surface area contributed by atoms with Crippen LogP contribution in [-0.2, 0) is 32.6 Å². The fourth-order valence-corrected chi connectivity index (χ4v) is 6.21. The summed E-state index contributed by atoms with van der Waals surface area (Å²) in [5, 5.41) is 1.59. The minimum absolute atomic E-state index is 0.00284. The zero-order chi connectivity index (χ0) is 29.1. The zero-order valence-electron chi connectivity index (χ0n) is 22.9. The molecule has 0 bridgehead atoms. The average Bonchev–Trinajstić information content (AvgIpc) is 3.32. The summed E-state index contributed by atoms with van der Waals surface area (Å²) in [5.41, 5.74) is 2.99. The van der Waals surface area contributed by atoms with Crippen molar-refractivity contribution in [3.63, 3.8) is 0 Å². The quantitative estimate of drug-likeness (QED) is 0.298. The topological polar surface area (TPSA) is 104 Å². The maximum atomic E-state index is 13.4. The van der Waals surface area contributed by atoms with Crippen LogP contribution >= 0.6 is 0 Å². The molecule has 1 aliphatic rings. The molecule has 210 valence electrons. The number of nitrogens with one attached hydrogen (secondary N) is 1. The Labute approximate surface area is 239 Å². The third-order valence-corrected chi connectivity index (χ3v) is 8.81. The third-order valence-electron chi connectivity index (χ3n) is 7.47. The Kier molecular flexibility index (Phi) is 7.90. The van der Waals surface area contributed by atoms with Gasteiger partial charge in [-0.15, -0.1) is 0 Å². The van der Waals surface area contributed by atoms with Gasteiger partial charge in [0.15, 0.2) is 0 Å². The van der Waals surface area contributed by atoms with E-state index in [1.807, 2.05) is 44.2 Å². The number of amides is 3. The molecule has 0 saturated carbocycles. The Morgan fingerprint density at radius 3 is 2.22 bits per heavy atom. The molecule has 1 N–H and O–H groups in total. The van der Waals surface area contributed by atoms with Crippen molar-refractivity contribution >= 4 is 44.2 Å². The Balaban J connectivity index is 1.37. The molecule has 3 amide bonds. The van der Waals surface area contributed by atoms with Crippen molar-refractivity contribution in [1.82, 2.24) is 9.62 Å². The van der Waals surface area contributed by atoms with Crippen LogP contribution in [-0.4, -0.2) is 44.1 Å². The lowest BCUT2D eigenvalue weighted by Crippen LogP contribution is -2.46. The number of nitrogens with zero attached hydrogens (tertiary/aromatic N) is 2. The van der Waals surface area contributed by atoms with Crippen LogP contribution in [0.5, 0.6) is 0 Å². The highest BCUT2D eigenvalue weighted by molar-refractivity contribution is 7.90. The first kappa shape index (κ1) is 28.0. The molecule has 0 aliphatic carbocycles. The maximum Gasteiger partial charge on any atom is 0.264 e. The van der Waals surface area contributed by atoms with Gasteiger partial charge in [0.1, 0.15) is 5.92 Å². The molecule has 1 aliphatic heterocycles. The van der Waals surface area contributed by atoms with E-state index in [2.05, 4.69) is 4.72 Å². The van der Waals surface area contributed by atoms with Crippen LogP contribution in [0, 0.1) is 5.92 Å². The van der Waals surface area contributed by atoms with Crippen molar-refractivity contribution in [3.05, 3.63) is 108 Å². The highest BCUT2D eigenvalue weighted by Gasteiger charge is 2.33. The molecule has 4 aromatic carbocycles. The Morgan fingerprint density at radius 1 is 0.878 bits per heavy atom. The van der Waals surface area contributed by atoms with Crippen LogP contribution in [0.25, 0.3) is 10.8 Å². The molecule has 5 rings (SSSR count). The first-order valence-corrected chi connectivity index (χ1v) is 15.0. The van der Waals surface area contributed by atoms with E-state index in [0.717, 1.165) is 16.3 Å². The average molecular weight is 570 g/mol. The van der Waals surface area contributed by atoms with Gasteiger partial charge in [-0.05, 0) is 72.5 Å². The number of fused-ring (bicyclic) bond motifs is 2. The van der Waals surface area contributed by atoms with Crippen LogP contribution < -0.4 is 9.62 Å². The number of benzene rings is 4. The first-order chi connectivity index (χ1) is 19.7. The van der Waals surface area contributed by atoms with Crippen LogP contribution in [0.15, 0.2) is 95.9 Å². The van der Waals surface area contributed by atoms with Crippen molar-refractivity contribution in [2.24, 2.45) is 5.92 Å². The van der Waals surface area contributed by atoms with Gasteiger partial charge in [-0.25, -0.2) is 13.1 Å². The summed E-state index contributed by atoms with van der Waals surface area (Å²) >= 11 is 0. The summed E-state index contributed by atoms with van der Waals surface area (Å²) < 4.78 is 28.5. The van der Waals surface area contributed by atoms with Gasteiger partial charge in [-0.3, -0.25) is 14.4 Å². The van der Waals surface area contributed by atoms with Crippen LogP contribution in [0.2, 0.25) is 0 Å². The van der Waals surface area contributed by atoms with E-state index >= 15 is 0 Å². The Morgan fingerprint density at radius 2 is 1.54 bits per heavy atom. The number of hydrogen-bond donors (Lipinski definition) is 1. The lowest BCUT2D eigenvalue weighted by atomic mass is 9.97. The minimum atomic E-state index is -4.23. The lowest BCUT2D eigenvalue weighted by molar-refractivity contribution is -0.141. The highest BCUT2D eigenvalue weighted by atomic mass is 32.2. The molecule has 4 aromatic rings. The zero-order valence-corrected chi connectivity index (χ0v) is 23.7. The largest absolute Gasteiger partial charge is 0.343 e. The minimum Gasteiger partial charge on any atom is -0.343 e. The molecule has 8 nitrogen and oxygen atoms in total. The van der Waals surface area contributed by atoms with E-state index < -0.39 is 27.8 Å². The van der Waals surface area contributed by atoms with E-state index in [4.69, 9.17) is 0 Å². The predicted octanol–water partition coefficient (Wildman–Crippen LogP) is 4.53. The van der Waals surface area contributed by atoms with Gasteiger partial charge in [0, 0.05) is 24.3 Å². The van der Waals surface area contributed by atoms with Crippen molar-refractivity contribution in [2.45, 2.75) is 31.7 Å². The Bertz CT molecular complexity index is 1730. The van der Waals surface area contributed by atoms with Crippen LogP contribution in [0.1, 0.15) is 35.3 Å². The summed E-state index contributed by atoms with van der Waals surface area (Å²) in [7, 11) is -4.23. The van der Waals surface area contributed by atoms with Crippen LogP contribution in [0.3, 0.4) is 0 Å². The molecular weight excluding hydrogens is 538 g/mol. The van der Waals surface area contributed by atoms with E-state index in [1.165, 1.54) is 17.0 Å². The molecule has 0 aromatic heterocycles. The second-order valence-electron chi connectivity index (χ2n) is 9.96. The van der Waals surface area contributed by atoms with Crippen molar-refractivity contribution in [2.75, 3.05) is 18.0 Å². The summed E-state index contributed by atoms with van der Waals surface area (Å²) in [4.78, 5) is 42.8. The molecule has 1 unspecified atom stereocenters. The molecule has 9 heteroatoms. The van der Waals surface area contributed by atoms with Gasteiger partial charge in [-0.2, -0.15) is 0 Å². The van der Waals surface area contributed by atoms with Crippen molar-refractivity contribution in [3.8, 4) is 0 Å². The monoisotopic (exact) mass is 569 g/mol. The fourth-order valence-electron chi connectivity index (χ4n) is 5.16. The lowest BCUT2D eigenvalue weighted by Gasteiger charge is -2.25. The van der Waals surface area contributed by atoms with Gasteiger partial charge in [-0.1, -0.05) is 60.7 Å². The normalized spacial score (nSPS) is 13.6. The molecule has 41 heavy (non-hydrogen) atoms. The smallest absolute Gasteiger partial charge is 0.264 e. The number of carbonyl (C=O) groups excluding carboxylic acids is 3. The number of anilines is 1. The van der Waals surface area contributed by atoms with Gasteiger partial charge in [0.25, 0.3) is 15.9 Å². The fraction of sp³-hybridized carbons (Fsp3) is 0.219. The summed E-state index contributed by atoms with van der Waals surface area (Å²) in [6.07, 6.45) is 0.00284. The van der Waals surface area contributed by atoms with E-state index in [1.54, 1.807) is 53.4 Å². The van der Waals surface area contributed by atoms with E-state index in [9.17, 15) is 22.8 Å². The second-order valence-corrected chi connectivity index (χ2v) is 11.6. The molecule has 0 radical (unpaired) electrons. The number of sulfonamides is 1. The second kappa shape index (κ2) is 11.5. The SMILES string of the molecule is CCN(CC)C(=O)C(Cc1ccc(N2Cc3ccccc3C2=O)cc1)C(=O)NS(=O)(=O)c1ccc2ccccc2c1. The summed E-state index contributed by atoms with van der Waals surface area (Å²) in [5.74, 6) is -2.67. The van der Waals surface area contributed by atoms with Gasteiger partial charge in [0.05, 0.1) is 11.4 Å². The molecule has 0 fully saturated rings. The number of carbonyl (C=O) groups is 3. The molecular formula is C32H31N3O5S. The number of hydrogen-bond acceptors (Lipinski definition) is 5. The van der Waals surface area contributed by atoms with Gasteiger partial charge < -0.3 is 9.80 Å². The molecule has 0 spiro atoms. The summed E-state index contributed by atoms with van der Waals surface area (Å²) in [6, 6.07) is 26.5. The van der Waals surface area contributed by atoms with E-state index in [0.29, 0.717) is 36.4 Å². The molecule has 1 atom stereocenters.